The van der Waals surface area contributed by atoms with Crippen LogP contribution >= 0.6 is 15.9 Å². The van der Waals surface area contributed by atoms with E-state index in [-0.39, 0.29) is 18.7 Å². The quantitative estimate of drug-likeness (QED) is 0.150. The van der Waals surface area contributed by atoms with Crippen molar-refractivity contribution in [3.8, 4) is 0 Å². The van der Waals surface area contributed by atoms with Gasteiger partial charge in [0.2, 0.25) is 0 Å². The summed E-state index contributed by atoms with van der Waals surface area (Å²) >= 11 is 3.46. The van der Waals surface area contributed by atoms with Gasteiger partial charge in [-0.25, -0.2) is 0 Å². The van der Waals surface area contributed by atoms with E-state index < -0.39 is 38.9 Å². The maximum atomic E-state index is 13.7. The van der Waals surface area contributed by atoms with Crippen LogP contribution in [0.25, 0.3) is 10.8 Å². The molecule has 0 bridgehead atoms. The minimum Gasteiger partial charge on any atom is -0.307 e. The number of amides is 3. The Hall–Kier alpha value is -4.97. The first-order valence-corrected chi connectivity index (χ1v) is 12.8. The van der Waals surface area contributed by atoms with Crippen molar-refractivity contribution in [2.75, 3.05) is 18.0 Å². The van der Waals surface area contributed by atoms with E-state index in [9.17, 15) is 34.6 Å². The first kappa shape index (κ1) is 26.6. The zero-order valence-electron chi connectivity index (χ0n) is 20.9. The molecule has 12 heteroatoms. The van der Waals surface area contributed by atoms with Gasteiger partial charge in [0.05, 0.1) is 21.5 Å². The number of non-ortho nitro benzene ring substituents is 2. The van der Waals surface area contributed by atoms with E-state index in [0.29, 0.717) is 22.2 Å². The van der Waals surface area contributed by atoms with Crippen LogP contribution in [0.1, 0.15) is 36.6 Å². The highest BCUT2D eigenvalue weighted by Gasteiger charge is 2.34. The lowest BCUT2D eigenvalue weighted by atomic mass is 9.94. The molecule has 0 aromatic heterocycles. The van der Waals surface area contributed by atoms with Crippen LogP contribution in [0.15, 0.2) is 77.3 Å². The average molecular weight is 603 g/mol. The maximum absolute atomic E-state index is 13.7. The molecule has 1 aliphatic rings. The minimum atomic E-state index is -0.817. The fourth-order valence-corrected chi connectivity index (χ4v) is 5.21. The van der Waals surface area contributed by atoms with Crippen molar-refractivity contribution < 1.29 is 24.2 Å². The van der Waals surface area contributed by atoms with Crippen molar-refractivity contribution in [1.29, 1.82) is 0 Å². The zero-order valence-corrected chi connectivity index (χ0v) is 22.5. The molecule has 0 spiro atoms. The maximum Gasteiger partial charge on any atom is 0.277 e. The Kier molecular flexibility index (Phi) is 6.86. The second kappa shape index (κ2) is 10.3. The number of nitrogens with zero attached hydrogens (tertiary/aromatic N) is 4. The van der Waals surface area contributed by atoms with Crippen LogP contribution < -0.4 is 4.90 Å². The van der Waals surface area contributed by atoms with Gasteiger partial charge in [-0.15, -0.1) is 0 Å². The Morgan fingerprint density at radius 3 is 2.12 bits per heavy atom. The fourth-order valence-electron chi connectivity index (χ4n) is 4.74. The van der Waals surface area contributed by atoms with E-state index >= 15 is 0 Å². The molecule has 1 heterocycles. The van der Waals surface area contributed by atoms with Gasteiger partial charge in [0, 0.05) is 51.9 Å². The molecular weight excluding hydrogens is 584 g/mol. The van der Waals surface area contributed by atoms with E-state index in [2.05, 4.69) is 15.9 Å². The van der Waals surface area contributed by atoms with Gasteiger partial charge >= 0.3 is 0 Å². The van der Waals surface area contributed by atoms with Gasteiger partial charge in [-0.3, -0.25) is 39.5 Å². The molecule has 0 N–H and O–H groups in total. The molecule has 0 saturated carbocycles. The second-order valence-electron chi connectivity index (χ2n) is 9.13. The fraction of sp³-hybridized carbons (Fsp3) is 0.107. The van der Waals surface area contributed by atoms with Gasteiger partial charge in [-0.05, 0) is 48.2 Å². The molecular formula is C28H19BrN4O7. The summed E-state index contributed by atoms with van der Waals surface area (Å²) in [5.41, 5.74) is 0.378. The number of imide groups is 1. The number of rotatable bonds is 7. The number of nitro benzene ring substituents is 2. The summed E-state index contributed by atoms with van der Waals surface area (Å²) in [7, 11) is 0. The van der Waals surface area contributed by atoms with E-state index in [1.54, 1.807) is 61.5 Å². The Morgan fingerprint density at radius 2 is 1.50 bits per heavy atom. The topological polar surface area (TPSA) is 144 Å². The van der Waals surface area contributed by atoms with E-state index in [4.69, 9.17) is 0 Å². The molecule has 0 aliphatic carbocycles. The average Bonchev–Trinajstić information content (AvgIpc) is 2.93. The number of hydrogen-bond donors (Lipinski definition) is 0. The first-order chi connectivity index (χ1) is 19.1. The van der Waals surface area contributed by atoms with Crippen LogP contribution in [0.5, 0.6) is 0 Å². The highest BCUT2D eigenvalue weighted by atomic mass is 79.9. The van der Waals surface area contributed by atoms with Gasteiger partial charge in [-0.1, -0.05) is 40.2 Å². The van der Waals surface area contributed by atoms with Gasteiger partial charge in [0.1, 0.15) is 0 Å². The molecule has 5 rings (SSSR count). The smallest absolute Gasteiger partial charge is 0.277 e. The summed E-state index contributed by atoms with van der Waals surface area (Å²) in [6, 6.07) is 18.0. The number of hydrogen-bond acceptors (Lipinski definition) is 7. The highest BCUT2D eigenvalue weighted by Crippen LogP contribution is 2.34. The molecule has 11 nitrogen and oxygen atoms in total. The van der Waals surface area contributed by atoms with Crippen molar-refractivity contribution in [3.05, 3.63) is 120 Å². The lowest BCUT2D eigenvalue weighted by Gasteiger charge is -2.30. The number of carbonyl (C=O) groups is 3. The lowest BCUT2D eigenvalue weighted by Crippen LogP contribution is -2.46. The Labute approximate surface area is 235 Å². The lowest BCUT2D eigenvalue weighted by molar-refractivity contribution is -0.394. The van der Waals surface area contributed by atoms with Gasteiger partial charge in [-0.2, -0.15) is 0 Å². The van der Waals surface area contributed by atoms with Crippen molar-refractivity contribution in [2.45, 2.75) is 6.92 Å². The molecule has 1 aliphatic heterocycles. The second-order valence-corrected chi connectivity index (χ2v) is 9.99. The largest absolute Gasteiger partial charge is 0.307 e. The van der Waals surface area contributed by atoms with Crippen LogP contribution in [0, 0.1) is 27.2 Å². The molecule has 0 fully saturated rings. The predicted molar refractivity (Wildman–Crippen MR) is 150 cm³/mol. The van der Waals surface area contributed by atoms with E-state index in [1.807, 2.05) is 0 Å². The van der Waals surface area contributed by atoms with Crippen molar-refractivity contribution in [3.63, 3.8) is 0 Å². The third kappa shape index (κ3) is 4.69. The first-order valence-electron chi connectivity index (χ1n) is 12.0. The number of nitro groups is 2. The van der Waals surface area contributed by atoms with Crippen LogP contribution in [0.3, 0.4) is 0 Å². The van der Waals surface area contributed by atoms with E-state index in [0.717, 1.165) is 38.5 Å². The normalized spacial score (nSPS) is 12.5. The van der Waals surface area contributed by atoms with Crippen LogP contribution in [-0.2, 0) is 0 Å². The molecule has 3 amide bonds. The third-order valence-corrected chi connectivity index (χ3v) is 7.31. The van der Waals surface area contributed by atoms with Crippen LogP contribution in [-0.4, -0.2) is 45.6 Å². The van der Waals surface area contributed by atoms with Gasteiger partial charge < -0.3 is 4.90 Å². The summed E-state index contributed by atoms with van der Waals surface area (Å²) in [5, 5.41) is 24.1. The molecule has 4 aromatic carbocycles. The summed E-state index contributed by atoms with van der Waals surface area (Å²) in [6.07, 6.45) is 0. The van der Waals surface area contributed by atoms with E-state index in [1.165, 1.54) is 4.90 Å². The summed E-state index contributed by atoms with van der Waals surface area (Å²) in [4.78, 5) is 64.1. The molecule has 0 radical (unpaired) electrons. The Bertz CT molecular complexity index is 1720. The number of carbonyl (C=O) groups excluding carboxylic acids is 3. The molecule has 0 unspecified atom stereocenters. The van der Waals surface area contributed by atoms with Gasteiger partial charge in [0.25, 0.3) is 29.1 Å². The molecule has 40 heavy (non-hydrogen) atoms. The summed E-state index contributed by atoms with van der Waals surface area (Å²) in [6.45, 7) is 1.44. The van der Waals surface area contributed by atoms with Crippen molar-refractivity contribution >= 4 is 61.5 Å². The number of halogens is 1. The molecule has 4 aromatic rings. The van der Waals surface area contributed by atoms with Crippen molar-refractivity contribution in [1.82, 2.24) is 4.90 Å². The minimum absolute atomic E-state index is 0.169. The molecule has 0 saturated heterocycles. The number of aryl methyl sites for hydroxylation is 1. The standard InChI is InChI=1S/C28H19BrN4O7/c1-16-4-2-5-18(12-16)30(26(34)17-13-19(32(37)38)15-20(14-17)33(39)40)10-11-31-27(35)22-7-3-6-21-24(29)9-8-23(25(21)22)28(31)36/h2-9,12-15H,10-11H2,1H3. The van der Waals surface area contributed by atoms with Gasteiger partial charge in [0.15, 0.2) is 0 Å². The molecule has 0 atom stereocenters. The Morgan fingerprint density at radius 1 is 0.875 bits per heavy atom. The number of benzene rings is 4. The molecule has 200 valence electrons. The highest BCUT2D eigenvalue weighted by molar-refractivity contribution is 9.10. The summed E-state index contributed by atoms with van der Waals surface area (Å²) in [5.74, 6) is -1.81. The third-order valence-electron chi connectivity index (χ3n) is 6.62. The zero-order chi connectivity index (χ0) is 28.7. The Balaban J connectivity index is 1.52. The van der Waals surface area contributed by atoms with Crippen LogP contribution in [0.4, 0.5) is 17.1 Å². The predicted octanol–water partition coefficient (Wildman–Crippen LogP) is 5.67. The SMILES string of the molecule is Cc1cccc(N(CCN2C(=O)c3cccc4c(Br)ccc(c34)C2=O)C(=O)c2cc([N+](=O)[O-])cc([N+](=O)[O-])c2)c1. The monoisotopic (exact) mass is 602 g/mol. The van der Waals surface area contributed by atoms with Crippen molar-refractivity contribution in [2.24, 2.45) is 0 Å². The number of anilines is 1. The summed E-state index contributed by atoms with van der Waals surface area (Å²) < 4.78 is 0.740. The van der Waals surface area contributed by atoms with Crippen LogP contribution in [0.2, 0.25) is 0 Å².